The fourth-order valence-electron chi connectivity index (χ4n) is 5.90. The van der Waals surface area contributed by atoms with Gasteiger partial charge in [0.15, 0.2) is 5.72 Å². The second kappa shape index (κ2) is 7.22. The summed E-state index contributed by atoms with van der Waals surface area (Å²) < 4.78 is 17.4. The van der Waals surface area contributed by atoms with Gasteiger partial charge in [-0.3, -0.25) is 19.3 Å². The van der Waals surface area contributed by atoms with Gasteiger partial charge in [-0.1, -0.05) is 48.5 Å². The molecular formula is C25H22N2O7. The minimum atomic E-state index is -2.24. The van der Waals surface area contributed by atoms with Gasteiger partial charge in [0.05, 0.1) is 31.5 Å². The molecule has 34 heavy (non-hydrogen) atoms. The number of morpholine rings is 1. The van der Waals surface area contributed by atoms with Crippen LogP contribution in [0.3, 0.4) is 0 Å². The normalized spacial score (nSPS) is 33.8. The van der Waals surface area contributed by atoms with Crippen molar-refractivity contribution in [2.45, 2.75) is 24.3 Å². The second-order valence-electron chi connectivity index (χ2n) is 8.82. The molecule has 4 aliphatic rings. The number of fused-ring (bicyclic) bond motifs is 3. The van der Waals surface area contributed by atoms with E-state index >= 15 is 0 Å². The van der Waals surface area contributed by atoms with Crippen LogP contribution in [0.2, 0.25) is 0 Å². The van der Waals surface area contributed by atoms with Crippen LogP contribution in [0.5, 0.6) is 0 Å². The number of ether oxygens (including phenoxy) is 3. The Balaban J connectivity index is 1.53. The van der Waals surface area contributed by atoms with Crippen molar-refractivity contribution in [1.82, 2.24) is 4.90 Å². The van der Waals surface area contributed by atoms with Crippen LogP contribution in [0.15, 0.2) is 60.7 Å². The number of carbonyl (C=O) groups excluding carboxylic acids is 4. The monoisotopic (exact) mass is 462 g/mol. The lowest BCUT2D eigenvalue weighted by atomic mass is 9.73. The Bertz CT molecular complexity index is 1200. The molecule has 4 aliphatic heterocycles. The third-order valence-electron chi connectivity index (χ3n) is 7.19. The van der Waals surface area contributed by atoms with Gasteiger partial charge in [0.1, 0.15) is 11.8 Å². The molecule has 5 atom stereocenters. The first-order chi connectivity index (χ1) is 16.5. The molecule has 0 saturated carbocycles. The molecule has 2 aromatic carbocycles. The van der Waals surface area contributed by atoms with Crippen LogP contribution in [0, 0.1) is 11.8 Å². The van der Waals surface area contributed by atoms with E-state index in [0.29, 0.717) is 5.69 Å². The number of benzene rings is 2. The van der Waals surface area contributed by atoms with E-state index in [0.717, 1.165) is 10.5 Å². The van der Waals surface area contributed by atoms with Crippen LogP contribution < -0.4 is 4.90 Å². The number of piperidine rings is 1. The molecule has 0 aliphatic carbocycles. The molecule has 3 amide bonds. The lowest BCUT2D eigenvalue weighted by Gasteiger charge is -2.48. The van der Waals surface area contributed by atoms with Gasteiger partial charge in [-0.25, -0.2) is 9.69 Å². The Morgan fingerprint density at radius 3 is 2.32 bits per heavy atom. The Morgan fingerprint density at radius 1 is 1.00 bits per heavy atom. The van der Waals surface area contributed by atoms with Crippen molar-refractivity contribution in [3.8, 4) is 0 Å². The summed E-state index contributed by atoms with van der Waals surface area (Å²) in [5.41, 5.74) is -2.68. The molecule has 4 heterocycles. The van der Waals surface area contributed by atoms with Crippen molar-refractivity contribution in [2.24, 2.45) is 11.8 Å². The summed E-state index contributed by atoms with van der Waals surface area (Å²) in [5.74, 6) is -5.23. The lowest BCUT2D eigenvalue weighted by Crippen LogP contribution is -2.66. The fourth-order valence-corrected chi connectivity index (χ4v) is 5.90. The van der Waals surface area contributed by atoms with Crippen LogP contribution in [0.1, 0.15) is 18.5 Å². The number of carbonyl (C=O) groups is 4. The summed E-state index contributed by atoms with van der Waals surface area (Å²) in [6, 6.07) is 17.1. The molecule has 9 heteroatoms. The summed E-state index contributed by atoms with van der Waals surface area (Å²) in [6.45, 7) is 1.63. The summed E-state index contributed by atoms with van der Waals surface area (Å²) in [4.78, 5) is 57.3. The van der Waals surface area contributed by atoms with Gasteiger partial charge in [0.2, 0.25) is 11.8 Å². The molecule has 0 radical (unpaired) electrons. The highest BCUT2D eigenvalue weighted by Gasteiger charge is 2.86. The van der Waals surface area contributed by atoms with E-state index in [-0.39, 0.29) is 19.8 Å². The predicted octanol–water partition coefficient (Wildman–Crippen LogP) is 1.43. The van der Waals surface area contributed by atoms with Crippen molar-refractivity contribution in [1.29, 1.82) is 0 Å². The van der Waals surface area contributed by atoms with E-state index in [9.17, 15) is 19.2 Å². The highest BCUT2D eigenvalue weighted by atomic mass is 16.6. The number of nitrogens with zero attached hydrogens (tertiary/aromatic N) is 2. The summed E-state index contributed by atoms with van der Waals surface area (Å²) in [6.07, 6.45) is 0. The number of hydrogen-bond donors (Lipinski definition) is 0. The maximum absolute atomic E-state index is 14.0. The quantitative estimate of drug-likeness (QED) is 0.385. The molecule has 6 rings (SSSR count). The van der Waals surface area contributed by atoms with E-state index < -0.39 is 52.9 Å². The number of esters is 1. The van der Waals surface area contributed by atoms with E-state index in [1.165, 1.54) is 4.90 Å². The Labute approximate surface area is 195 Å². The molecule has 0 N–H and O–H groups in total. The van der Waals surface area contributed by atoms with Gasteiger partial charge in [-0.2, -0.15) is 0 Å². The van der Waals surface area contributed by atoms with Crippen molar-refractivity contribution < 1.29 is 33.4 Å². The Hall–Kier alpha value is -3.56. The van der Waals surface area contributed by atoms with Gasteiger partial charge >= 0.3 is 5.97 Å². The fraction of sp³-hybridized carbons (Fsp3) is 0.360. The zero-order chi connectivity index (χ0) is 23.7. The smallest absolute Gasteiger partial charge is 0.349 e. The molecule has 2 bridgehead atoms. The van der Waals surface area contributed by atoms with Gasteiger partial charge in [-0.05, 0) is 24.6 Å². The average Bonchev–Trinajstić information content (AvgIpc) is 3.42. The lowest BCUT2D eigenvalue weighted by molar-refractivity contribution is -0.209. The zero-order valence-electron chi connectivity index (χ0n) is 18.4. The van der Waals surface area contributed by atoms with Crippen LogP contribution in [-0.4, -0.2) is 59.7 Å². The van der Waals surface area contributed by atoms with Gasteiger partial charge in [-0.15, -0.1) is 0 Å². The second-order valence-corrected chi connectivity index (χ2v) is 8.82. The minimum Gasteiger partial charge on any atom is -0.463 e. The molecule has 0 unspecified atom stereocenters. The van der Waals surface area contributed by atoms with Gasteiger partial charge in [0, 0.05) is 0 Å². The molecular weight excluding hydrogens is 440 g/mol. The standard InChI is InChI=1S/C25H22N2O7/c1-2-33-23(31)25-19-18(20(28)26(21(19)29)16-11-7-4-8-12-16)24(34-25)14-32-13-17(27(24)22(25)30)15-9-5-3-6-10-15/h3-12,17-19H,2,13-14H2,1H3/t17-,18+,19-,24+,25-/m0/s1. The van der Waals surface area contributed by atoms with Crippen LogP contribution in [0.25, 0.3) is 0 Å². The van der Waals surface area contributed by atoms with Crippen molar-refractivity contribution >= 4 is 29.4 Å². The molecule has 0 aromatic heterocycles. The molecule has 1 spiro atoms. The van der Waals surface area contributed by atoms with Crippen LogP contribution in [-0.2, 0) is 33.4 Å². The van der Waals surface area contributed by atoms with Crippen LogP contribution in [0.4, 0.5) is 5.69 Å². The SMILES string of the molecule is CCOC(=O)[C@@]12O[C@]3(COC[C@@H](c4ccccc4)N3C1=O)[C@H]1C(=O)N(c3ccccc3)C(=O)[C@H]12. The highest BCUT2D eigenvalue weighted by Crippen LogP contribution is 2.63. The largest absolute Gasteiger partial charge is 0.463 e. The topological polar surface area (TPSA) is 102 Å². The highest BCUT2D eigenvalue weighted by molar-refractivity contribution is 6.28. The molecule has 9 nitrogen and oxygen atoms in total. The zero-order valence-corrected chi connectivity index (χ0v) is 18.4. The predicted molar refractivity (Wildman–Crippen MR) is 116 cm³/mol. The van der Waals surface area contributed by atoms with Gasteiger partial charge in [0.25, 0.3) is 11.5 Å². The first-order valence-corrected chi connectivity index (χ1v) is 11.2. The van der Waals surface area contributed by atoms with Crippen molar-refractivity contribution in [3.05, 3.63) is 66.2 Å². The maximum atomic E-state index is 14.0. The molecule has 174 valence electrons. The van der Waals surface area contributed by atoms with E-state index in [1.54, 1.807) is 37.3 Å². The average molecular weight is 462 g/mol. The Kier molecular flexibility index (Phi) is 4.46. The Morgan fingerprint density at radius 2 is 1.65 bits per heavy atom. The van der Waals surface area contributed by atoms with Gasteiger partial charge < -0.3 is 14.2 Å². The maximum Gasteiger partial charge on any atom is 0.349 e. The number of anilines is 1. The van der Waals surface area contributed by atoms with Crippen LogP contribution >= 0.6 is 0 Å². The summed E-state index contributed by atoms with van der Waals surface area (Å²) >= 11 is 0. The number of imide groups is 1. The third-order valence-corrected chi connectivity index (χ3v) is 7.19. The first kappa shape index (κ1) is 21.0. The summed E-state index contributed by atoms with van der Waals surface area (Å²) in [5, 5.41) is 0. The van der Waals surface area contributed by atoms with Crippen molar-refractivity contribution in [3.63, 3.8) is 0 Å². The van der Waals surface area contributed by atoms with E-state index in [4.69, 9.17) is 14.2 Å². The van der Waals surface area contributed by atoms with E-state index in [1.807, 2.05) is 30.3 Å². The number of rotatable bonds is 4. The number of hydrogen-bond acceptors (Lipinski definition) is 7. The third kappa shape index (κ3) is 2.40. The molecule has 2 aromatic rings. The molecule has 4 fully saturated rings. The van der Waals surface area contributed by atoms with E-state index in [2.05, 4.69) is 0 Å². The number of amides is 3. The molecule has 4 saturated heterocycles. The first-order valence-electron chi connectivity index (χ1n) is 11.2. The summed E-state index contributed by atoms with van der Waals surface area (Å²) in [7, 11) is 0. The number of para-hydroxylation sites is 1. The minimum absolute atomic E-state index is 0.00917. The van der Waals surface area contributed by atoms with Crippen molar-refractivity contribution in [2.75, 3.05) is 24.7 Å².